The van der Waals surface area contributed by atoms with E-state index in [4.69, 9.17) is 14.4 Å². The Labute approximate surface area is 94.7 Å². The van der Waals surface area contributed by atoms with Gasteiger partial charge in [-0.3, -0.25) is 4.99 Å². The summed E-state index contributed by atoms with van der Waals surface area (Å²) >= 11 is 0. The number of hydrogen-bond donors (Lipinski definition) is 4. The number of phenolic OH excluding ortho intramolecular Hbond substituents is 1. The van der Waals surface area contributed by atoms with Gasteiger partial charge in [0.05, 0.1) is 0 Å². The van der Waals surface area contributed by atoms with E-state index in [9.17, 15) is 5.11 Å². The van der Waals surface area contributed by atoms with Crippen LogP contribution in [0.3, 0.4) is 0 Å². The Balaban J connectivity index is 2.36. The molecule has 0 atom stereocenters. The normalized spacial score (nSPS) is 12.2. The second-order valence-corrected chi connectivity index (χ2v) is 5.52. The minimum Gasteiger partial charge on any atom is -0.507 e. The molecule has 0 saturated carbocycles. The van der Waals surface area contributed by atoms with Crippen molar-refractivity contribution in [2.45, 2.75) is 12.5 Å². The summed E-state index contributed by atoms with van der Waals surface area (Å²) in [6, 6.07) is 6.77. The number of rotatable bonds is 5. The highest BCUT2D eigenvalue weighted by Crippen LogP contribution is 2.12. The number of aromatic hydroxyl groups is 1. The van der Waals surface area contributed by atoms with Crippen LogP contribution in [0.2, 0.25) is 6.04 Å². The summed E-state index contributed by atoms with van der Waals surface area (Å²) in [5.74, 6) is 0.154. The van der Waals surface area contributed by atoms with Gasteiger partial charge in [-0.05, 0) is 18.6 Å². The maximum Gasteiger partial charge on any atom is 0.492 e. The van der Waals surface area contributed by atoms with Crippen LogP contribution in [0, 0.1) is 0 Å². The van der Waals surface area contributed by atoms with Crippen molar-refractivity contribution >= 4 is 15.0 Å². The van der Waals surface area contributed by atoms with Gasteiger partial charge in [0.15, 0.2) is 0 Å². The fraction of sp³-hybridized carbons (Fsp3) is 0.300. The molecule has 4 N–H and O–H groups in total. The van der Waals surface area contributed by atoms with Crippen LogP contribution in [-0.2, 0) is 0 Å². The van der Waals surface area contributed by atoms with Gasteiger partial charge in [0, 0.05) is 24.4 Å². The highest BCUT2D eigenvalue weighted by molar-refractivity contribution is 6.56. The molecule has 0 saturated heterocycles. The van der Waals surface area contributed by atoms with Gasteiger partial charge in [-0.2, -0.15) is 0 Å². The number of hydrogen-bond acceptors (Lipinski definition) is 5. The molecule has 0 aromatic heterocycles. The maximum absolute atomic E-state index is 9.39. The molecule has 1 rings (SSSR count). The van der Waals surface area contributed by atoms with Crippen molar-refractivity contribution in [3.8, 4) is 5.75 Å². The number of benzene rings is 1. The van der Waals surface area contributed by atoms with E-state index in [0.29, 0.717) is 18.5 Å². The fourth-order valence-corrected chi connectivity index (χ4v) is 1.80. The highest BCUT2D eigenvalue weighted by Gasteiger charge is 2.25. The van der Waals surface area contributed by atoms with Crippen LogP contribution in [0.5, 0.6) is 5.75 Å². The van der Waals surface area contributed by atoms with Crippen molar-refractivity contribution in [2.75, 3.05) is 6.54 Å². The van der Waals surface area contributed by atoms with Crippen molar-refractivity contribution in [3.05, 3.63) is 29.8 Å². The van der Waals surface area contributed by atoms with Crippen LogP contribution in [-0.4, -0.2) is 41.1 Å². The minimum atomic E-state index is -3.92. The summed E-state index contributed by atoms with van der Waals surface area (Å²) in [5.41, 5.74) is 0.614. The average Bonchev–Trinajstić information content (AvgIpc) is 2.18. The second kappa shape index (κ2) is 5.76. The van der Waals surface area contributed by atoms with E-state index in [0.717, 1.165) is 0 Å². The molecular formula is C10H15NO4Si. The molecule has 0 aliphatic heterocycles. The lowest BCUT2D eigenvalue weighted by molar-refractivity contribution is 0.227. The summed E-state index contributed by atoms with van der Waals surface area (Å²) in [6.45, 7) is 0.380. The summed E-state index contributed by atoms with van der Waals surface area (Å²) in [7, 11) is -3.92. The Morgan fingerprint density at radius 2 is 1.88 bits per heavy atom. The lowest BCUT2D eigenvalue weighted by Gasteiger charge is -2.06. The third kappa shape index (κ3) is 5.03. The fourth-order valence-electron chi connectivity index (χ4n) is 1.17. The molecule has 5 nitrogen and oxygen atoms in total. The van der Waals surface area contributed by atoms with Crippen molar-refractivity contribution < 1.29 is 19.5 Å². The summed E-state index contributed by atoms with van der Waals surface area (Å²) in [5, 5.41) is 9.39. The monoisotopic (exact) mass is 241 g/mol. The molecule has 0 heterocycles. The summed E-state index contributed by atoms with van der Waals surface area (Å²) < 4.78 is 0. The molecule has 6 heteroatoms. The van der Waals surface area contributed by atoms with E-state index in [1.807, 2.05) is 0 Å². The predicted molar refractivity (Wildman–Crippen MR) is 62.4 cm³/mol. The molecule has 0 fully saturated rings. The second-order valence-electron chi connectivity index (χ2n) is 3.47. The van der Waals surface area contributed by atoms with Gasteiger partial charge < -0.3 is 19.5 Å². The molecule has 0 aliphatic carbocycles. The van der Waals surface area contributed by atoms with Gasteiger partial charge in [0.1, 0.15) is 5.75 Å². The maximum atomic E-state index is 9.39. The van der Waals surface area contributed by atoms with Crippen LogP contribution < -0.4 is 0 Å². The first-order valence-corrected chi connectivity index (χ1v) is 6.99. The predicted octanol–water partition coefficient (Wildman–Crippen LogP) is 0.117. The molecule has 1 aromatic carbocycles. The van der Waals surface area contributed by atoms with E-state index in [1.54, 1.807) is 24.3 Å². The molecular weight excluding hydrogens is 226 g/mol. The van der Waals surface area contributed by atoms with E-state index in [-0.39, 0.29) is 11.8 Å². The highest BCUT2D eigenvalue weighted by atomic mass is 28.4. The Morgan fingerprint density at radius 3 is 2.50 bits per heavy atom. The van der Waals surface area contributed by atoms with Gasteiger partial charge in [-0.25, -0.2) is 0 Å². The van der Waals surface area contributed by atoms with E-state index < -0.39 is 8.80 Å². The Bertz CT molecular complexity index is 362. The molecule has 0 radical (unpaired) electrons. The van der Waals surface area contributed by atoms with Crippen LogP contribution in [0.1, 0.15) is 12.0 Å². The zero-order valence-corrected chi connectivity index (χ0v) is 9.74. The SMILES string of the molecule is Oc1ccccc1C=NCCC[Si](O)(O)O. The first-order valence-electron chi connectivity index (χ1n) is 4.94. The number of phenols is 1. The molecule has 1 aromatic rings. The van der Waals surface area contributed by atoms with Crippen LogP contribution in [0.25, 0.3) is 0 Å². The first-order chi connectivity index (χ1) is 7.49. The Hall–Kier alpha value is -1.21. The third-order valence-corrected chi connectivity index (χ3v) is 2.99. The van der Waals surface area contributed by atoms with Gasteiger partial charge in [-0.1, -0.05) is 12.1 Å². The summed E-state index contributed by atoms with van der Waals surface area (Å²) in [4.78, 5) is 30.2. The Morgan fingerprint density at radius 1 is 1.19 bits per heavy atom. The molecule has 16 heavy (non-hydrogen) atoms. The average molecular weight is 241 g/mol. The zero-order chi connectivity index (χ0) is 12.0. The molecule has 0 amide bonds. The van der Waals surface area contributed by atoms with Gasteiger partial charge in [0.25, 0.3) is 0 Å². The topological polar surface area (TPSA) is 93.3 Å². The van der Waals surface area contributed by atoms with Crippen LogP contribution in [0.4, 0.5) is 0 Å². The number of nitrogens with zero attached hydrogens (tertiary/aromatic N) is 1. The van der Waals surface area contributed by atoms with E-state index >= 15 is 0 Å². The molecule has 0 aliphatic rings. The number of aliphatic imine (C=N–C) groups is 1. The van der Waals surface area contributed by atoms with E-state index in [1.165, 1.54) is 6.21 Å². The lowest BCUT2D eigenvalue weighted by Crippen LogP contribution is -2.34. The van der Waals surface area contributed by atoms with Gasteiger partial charge in [-0.15, -0.1) is 0 Å². The quantitative estimate of drug-likeness (QED) is 0.334. The van der Waals surface area contributed by atoms with E-state index in [2.05, 4.69) is 4.99 Å². The van der Waals surface area contributed by atoms with Crippen molar-refractivity contribution in [1.29, 1.82) is 0 Å². The number of para-hydroxylation sites is 1. The lowest BCUT2D eigenvalue weighted by atomic mass is 10.2. The third-order valence-electron chi connectivity index (χ3n) is 1.97. The largest absolute Gasteiger partial charge is 0.507 e. The molecule has 0 bridgehead atoms. The van der Waals surface area contributed by atoms with Crippen LogP contribution in [0.15, 0.2) is 29.3 Å². The van der Waals surface area contributed by atoms with Gasteiger partial charge >= 0.3 is 8.80 Å². The molecule has 0 unspecified atom stereocenters. The van der Waals surface area contributed by atoms with Crippen molar-refractivity contribution in [3.63, 3.8) is 0 Å². The van der Waals surface area contributed by atoms with Crippen molar-refractivity contribution in [1.82, 2.24) is 0 Å². The first kappa shape index (κ1) is 12.9. The zero-order valence-electron chi connectivity index (χ0n) is 8.74. The Kier molecular flexibility index (Phi) is 4.63. The standard InChI is InChI=1S/C10H15NO4Si/c12-10-5-2-1-4-9(10)8-11-6-3-7-16(13,14)15/h1-2,4-5,8,12-15H,3,6-7H2. The molecule has 88 valence electrons. The van der Waals surface area contributed by atoms with Gasteiger partial charge in [0.2, 0.25) is 0 Å². The smallest absolute Gasteiger partial charge is 0.492 e. The van der Waals surface area contributed by atoms with Crippen LogP contribution >= 0.6 is 0 Å². The van der Waals surface area contributed by atoms with Crippen molar-refractivity contribution in [2.24, 2.45) is 4.99 Å². The minimum absolute atomic E-state index is 0.0227. The summed E-state index contributed by atoms with van der Waals surface area (Å²) in [6.07, 6.45) is 1.92. The molecule has 0 spiro atoms.